The molecule has 6 heteroatoms. The second kappa shape index (κ2) is 8.39. The van der Waals surface area contributed by atoms with Gasteiger partial charge < -0.3 is 20.5 Å². The standard InChI is InChI=1S/C24H23N3O3/c1-29-20-12-18-19(13-21(20)30-2)27-24(28)22(18)23(16-6-4-3-5-7-16)26-17-10-8-15(14-25)9-11-17/h3-13,22H,14,25H2,1-2H3,(H,27,28). The molecule has 1 heterocycles. The monoisotopic (exact) mass is 401 g/mol. The van der Waals surface area contributed by atoms with Gasteiger partial charge in [0.1, 0.15) is 5.92 Å². The largest absolute Gasteiger partial charge is 0.493 e. The molecule has 1 aliphatic heterocycles. The Bertz CT molecular complexity index is 1090. The van der Waals surface area contributed by atoms with Crippen LogP contribution in [0.2, 0.25) is 0 Å². The van der Waals surface area contributed by atoms with E-state index in [9.17, 15) is 4.79 Å². The van der Waals surface area contributed by atoms with E-state index in [-0.39, 0.29) is 5.91 Å². The van der Waals surface area contributed by atoms with Gasteiger partial charge in [0.15, 0.2) is 11.5 Å². The maximum absolute atomic E-state index is 13.0. The highest BCUT2D eigenvalue weighted by atomic mass is 16.5. The number of amides is 1. The van der Waals surface area contributed by atoms with Gasteiger partial charge >= 0.3 is 0 Å². The van der Waals surface area contributed by atoms with Gasteiger partial charge in [0.25, 0.3) is 0 Å². The van der Waals surface area contributed by atoms with Crippen LogP contribution >= 0.6 is 0 Å². The molecule has 0 aliphatic carbocycles. The second-order valence-corrected chi connectivity index (χ2v) is 6.95. The molecule has 30 heavy (non-hydrogen) atoms. The third-order valence-electron chi connectivity index (χ3n) is 5.15. The number of carbonyl (C=O) groups excluding carboxylic acids is 1. The molecule has 1 aliphatic rings. The number of aliphatic imine (C=N–C) groups is 1. The fourth-order valence-electron chi connectivity index (χ4n) is 3.61. The van der Waals surface area contributed by atoms with Gasteiger partial charge in [-0.05, 0) is 34.9 Å². The SMILES string of the molecule is COc1cc2c(cc1OC)C(C(=Nc1ccc(CN)cc1)c1ccccc1)C(=O)N2. The number of hydrogen-bond acceptors (Lipinski definition) is 5. The number of nitrogens with zero attached hydrogens (tertiary/aromatic N) is 1. The zero-order valence-electron chi connectivity index (χ0n) is 16.9. The topological polar surface area (TPSA) is 85.9 Å². The highest BCUT2D eigenvalue weighted by molar-refractivity contribution is 6.24. The Hall–Kier alpha value is -3.64. The second-order valence-electron chi connectivity index (χ2n) is 6.95. The average molecular weight is 401 g/mol. The van der Waals surface area contributed by atoms with Crippen molar-refractivity contribution in [1.82, 2.24) is 0 Å². The van der Waals surface area contributed by atoms with E-state index in [4.69, 9.17) is 20.2 Å². The first-order valence-corrected chi connectivity index (χ1v) is 9.64. The lowest BCUT2D eigenvalue weighted by Gasteiger charge is -2.15. The van der Waals surface area contributed by atoms with Crippen LogP contribution in [0, 0.1) is 0 Å². The van der Waals surface area contributed by atoms with Gasteiger partial charge in [0.05, 0.1) is 25.6 Å². The van der Waals surface area contributed by atoms with Gasteiger partial charge in [-0.25, -0.2) is 0 Å². The van der Waals surface area contributed by atoms with Crippen molar-refractivity contribution in [2.24, 2.45) is 10.7 Å². The van der Waals surface area contributed by atoms with Crippen molar-refractivity contribution < 1.29 is 14.3 Å². The lowest BCUT2D eigenvalue weighted by atomic mass is 9.90. The molecule has 0 spiro atoms. The number of ether oxygens (including phenoxy) is 2. The predicted molar refractivity (Wildman–Crippen MR) is 118 cm³/mol. The molecule has 0 fully saturated rings. The van der Waals surface area contributed by atoms with E-state index in [0.717, 1.165) is 22.4 Å². The minimum Gasteiger partial charge on any atom is -0.493 e. The normalized spacial score (nSPS) is 15.5. The number of nitrogens with one attached hydrogen (secondary N) is 1. The van der Waals surface area contributed by atoms with E-state index in [1.165, 1.54) is 0 Å². The Balaban J connectivity index is 1.86. The highest BCUT2D eigenvalue weighted by Gasteiger charge is 2.36. The van der Waals surface area contributed by atoms with Gasteiger partial charge in [0.2, 0.25) is 5.91 Å². The van der Waals surface area contributed by atoms with Crippen molar-refractivity contribution in [3.8, 4) is 11.5 Å². The molecule has 6 nitrogen and oxygen atoms in total. The predicted octanol–water partition coefficient (Wildman–Crippen LogP) is 4.02. The molecule has 152 valence electrons. The molecular weight excluding hydrogens is 378 g/mol. The average Bonchev–Trinajstić information content (AvgIpc) is 3.11. The zero-order chi connectivity index (χ0) is 21.1. The van der Waals surface area contributed by atoms with E-state index in [1.54, 1.807) is 20.3 Å². The third kappa shape index (κ3) is 3.65. The Labute approximate surface area is 175 Å². The number of rotatable bonds is 6. The summed E-state index contributed by atoms with van der Waals surface area (Å²) in [5.74, 6) is 0.420. The van der Waals surface area contributed by atoms with Crippen LogP contribution in [0.1, 0.15) is 22.6 Å². The lowest BCUT2D eigenvalue weighted by molar-refractivity contribution is -0.115. The lowest BCUT2D eigenvalue weighted by Crippen LogP contribution is -2.22. The zero-order valence-corrected chi connectivity index (χ0v) is 16.9. The van der Waals surface area contributed by atoms with Gasteiger partial charge in [-0.15, -0.1) is 0 Å². The number of carbonyl (C=O) groups is 1. The van der Waals surface area contributed by atoms with Crippen LogP contribution in [-0.2, 0) is 11.3 Å². The van der Waals surface area contributed by atoms with E-state index < -0.39 is 5.92 Å². The third-order valence-corrected chi connectivity index (χ3v) is 5.15. The van der Waals surface area contributed by atoms with Crippen LogP contribution in [0.4, 0.5) is 11.4 Å². The molecule has 0 radical (unpaired) electrons. The van der Waals surface area contributed by atoms with Crippen molar-refractivity contribution in [3.63, 3.8) is 0 Å². The quantitative estimate of drug-likeness (QED) is 0.611. The molecule has 1 unspecified atom stereocenters. The van der Waals surface area contributed by atoms with Crippen LogP contribution in [0.3, 0.4) is 0 Å². The molecule has 3 aromatic rings. The van der Waals surface area contributed by atoms with Crippen molar-refractivity contribution >= 4 is 23.0 Å². The van der Waals surface area contributed by atoms with Crippen LogP contribution in [0.15, 0.2) is 71.7 Å². The Morgan fingerprint density at radius 3 is 2.30 bits per heavy atom. The maximum Gasteiger partial charge on any atom is 0.238 e. The summed E-state index contributed by atoms with van der Waals surface area (Å²) in [7, 11) is 3.15. The molecule has 1 atom stereocenters. The summed E-state index contributed by atoms with van der Waals surface area (Å²) in [5, 5.41) is 2.96. The van der Waals surface area contributed by atoms with Crippen LogP contribution in [0.25, 0.3) is 0 Å². The summed E-state index contributed by atoms with van der Waals surface area (Å²) in [4.78, 5) is 17.9. The number of hydrogen-bond donors (Lipinski definition) is 2. The number of nitrogens with two attached hydrogens (primary N) is 1. The molecule has 0 aromatic heterocycles. The minimum atomic E-state index is -0.573. The van der Waals surface area contributed by atoms with Gasteiger partial charge in [0, 0.05) is 18.3 Å². The fourth-order valence-corrected chi connectivity index (χ4v) is 3.61. The summed E-state index contributed by atoms with van der Waals surface area (Å²) >= 11 is 0. The number of methoxy groups -OCH3 is 2. The Kier molecular flexibility index (Phi) is 5.50. The summed E-state index contributed by atoms with van der Waals surface area (Å²) in [6.45, 7) is 0.468. The summed E-state index contributed by atoms with van der Waals surface area (Å²) in [6.07, 6.45) is 0. The molecular formula is C24H23N3O3. The van der Waals surface area contributed by atoms with E-state index in [1.807, 2.05) is 60.7 Å². The molecule has 0 saturated carbocycles. The summed E-state index contributed by atoms with van der Waals surface area (Å²) in [5.41, 5.74) is 10.5. The van der Waals surface area contributed by atoms with Crippen molar-refractivity contribution in [2.75, 3.05) is 19.5 Å². The van der Waals surface area contributed by atoms with Crippen LogP contribution in [0.5, 0.6) is 11.5 Å². The van der Waals surface area contributed by atoms with Gasteiger partial charge in [-0.1, -0.05) is 42.5 Å². The van der Waals surface area contributed by atoms with Crippen molar-refractivity contribution in [1.29, 1.82) is 0 Å². The smallest absolute Gasteiger partial charge is 0.238 e. The first-order valence-electron chi connectivity index (χ1n) is 9.64. The fraction of sp³-hybridized carbons (Fsp3) is 0.167. The number of benzene rings is 3. The summed E-state index contributed by atoms with van der Waals surface area (Å²) < 4.78 is 10.8. The molecule has 0 bridgehead atoms. The van der Waals surface area contributed by atoms with Crippen LogP contribution in [-0.4, -0.2) is 25.8 Å². The molecule has 4 rings (SSSR count). The molecule has 1 amide bonds. The molecule has 3 N–H and O–H groups in total. The van der Waals surface area contributed by atoms with Crippen molar-refractivity contribution in [2.45, 2.75) is 12.5 Å². The van der Waals surface area contributed by atoms with Crippen molar-refractivity contribution in [3.05, 3.63) is 83.4 Å². The maximum atomic E-state index is 13.0. The summed E-state index contributed by atoms with van der Waals surface area (Å²) in [6, 6.07) is 21.1. The van der Waals surface area contributed by atoms with E-state index in [0.29, 0.717) is 29.4 Å². The number of fused-ring (bicyclic) bond motifs is 1. The minimum absolute atomic E-state index is 0.138. The molecule has 0 saturated heterocycles. The van der Waals surface area contributed by atoms with E-state index >= 15 is 0 Å². The molecule has 3 aromatic carbocycles. The highest BCUT2D eigenvalue weighted by Crippen LogP contribution is 2.42. The Morgan fingerprint density at radius 2 is 1.67 bits per heavy atom. The first-order chi connectivity index (χ1) is 14.6. The van der Waals surface area contributed by atoms with E-state index in [2.05, 4.69) is 5.32 Å². The van der Waals surface area contributed by atoms with Gasteiger partial charge in [-0.3, -0.25) is 9.79 Å². The Morgan fingerprint density at radius 1 is 1.00 bits per heavy atom. The van der Waals surface area contributed by atoms with Crippen LogP contribution < -0.4 is 20.5 Å². The van der Waals surface area contributed by atoms with Gasteiger partial charge in [-0.2, -0.15) is 0 Å². The first kappa shape index (κ1) is 19.7. The number of anilines is 1.